The van der Waals surface area contributed by atoms with Gasteiger partial charge in [-0.05, 0) is 91.8 Å². The third kappa shape index (κ3) is 5.08. The minimum absolute atomic E-state index is 0.0626. The molecule has 6 fully saturated rings. The third-order valence-corrected chi connectivity index (χ3v) is 10.3. The van der Waals surface area contributed by atoms with Gasteiger partial charge in [-0.3, -0.25) is 9.59 Å². The maximum Gasteiger partial charge on any atom is 0.276 e. The minimum Gasteiger partial charge on any atom is -0.349 e. The summed E-state index contributed by atoms with van der Waals surface area (Å²) in [5, 5.41) is 18.5. The molecule has 0 spiro atoms. The third-order valence-electron chi connectivity index (χ3n) is 10.3. The van der Waals surface area contributed by atoms with E-state index in [9.17, 15) is 22.8 Å². The summed E-state index contributed by atoms with van der Waals surface area (Å²) in [6, 6.07) is 1.04. The lowest BCUT2D eigenvalue weighted by molar-refractivity contribution is -0.215. The summed E-state index contributed by atoms with van der Waals surface area (Å²) >= 11 is 0. The van der Waals surface area contributed by atoms with Crippen molar-refractivity contribution < 1.29 is 27.4 Å². The van der Waals surface area contributed by atoms with Crippen LogP contribution in [0.5, 0.6) is 0 Å². The molecule has 3 aromatic heterocycles. The number of aromatic nitrogens is 5. The molecule has 6 aliphatic rings. The molecular formula is C30H34F3N7O3. The number of amides is 2. The first-order valence-electron chi connectivity index (χ1n) is 15.4. The highest BCUT2D eigenvalue weighted by Crippen LogP contribution is 2.71. The van der Waals surface area contributed by atoms with Crippen molar-refractivity contribution in [3.63, 3.8) is 0 Å². The van der Waals surface area contributed by atoms with Crippen molar-refractivity contribution in [1.82, 2.24) is 35.5 Å². The number of halogens is 3. The molecular weight excluding hydrogens is 563 g/mol. The van der Waals surface area contributed by atoms with Gasteiger partial charge in [0, 0.05) is 25.2 Å². The van der Waals surface area contributed by atoms with Crippen molar-refractivity contribution >= 4 is 17.5 Å². The molecule has 0 saturated heterocycles. The molecule has 2 bridgehead atoms. The Morgan fingerprint density at radius 2 is 1.70 bits per heavy atom. The molecule has 0 radical (unpaired) electrons. The smallest absolute Gasteiger partial charge is 0.276 e. The van der Waals surface area contributed by atoms with E-state index in [1.54, 1.807) is 16.9 Å². The zero-order chi connectivity index (χ0) is 29.6. The van der Waals surface area contributed by atoms with E-state index in [1.807, 2.05) is 6.07 Å². The number of carbonyl (C=O) groups excluding carboxylic acids is 2. The van der Waals surface area contributed by atoms with Gasteiger partial charge in [-0.15, -0.1) is 0 Å². The van der Waals surface area contributed by atoms with Crippen LogP contribution in [-0.2, 0) is 4.79 Å². The van der Waals surface area contributed by atoms with E-state index >= 15 is 0 Å². The van der Waals surface area contributed by atoms with Crippen molar-refractivity contribution in [2.75, 3.05) is 0 Å². The van der Waals surface area contributed by atoms with Crippen LogP contribution in [0.4, 0.5) is 13.2 Å². The molecule has 0 unspecified atom stereocenters. The van der Waals surface area contributed by atoms with Crippen LogP contribution in [0.2, 0.25) is 0 Å². The van der Waals surface area contributed by atoms with Crippen LogP contribution >= 0.6 is 0 Å². The molecule has 9 rings (SSSR count). The maximum atomic E-state index is 14.1. The number of carbonyl (C=O) groups is 2. The summed E-state index contributed by atoms with van der Waals surface area (Å²) in [5.74, 6) is -3.05. The van der Waals surface area contributed by atoms with E-state index in [0.29, 0.717) is 48.6 Å². The van der Waals surface area contributed by atoms with Gasteiger partial charge in [0.1, 0.15) is 11.4 Å². The molecule has 10 nitrogen and oxygen atoms in total. The molecule has 2 amide bonds. The van der Waals surface area contributed by atoms with Gasteiger partial charge in [0.15, 0.2) is 11.3 Å². The summed E-state index contributed by atoms with van der Waals surface area (Å²) in [4.78, 5) is 31.1. The summed E-state index contributed by atoms with van der Waals surface area (Å²) in [6.07, 6.45) is 9.01. The molecule has 0 aromatic carbocycles. The highest BCUT2D eigenvalue weighted by atomic mass is 19.3. The first-order chi connectivity index (χ1) is 20.6. The zero-order valence-corrected chi connectivity index (χ0v) is 23.7. The standard InChI is InChI=1S/C30H34F3N7O3/c31-29-13-28(14-29,15-29)10-22(41)36-23(16-1-2-16)19-9-21-35-20(12-40(21)34-11-19)24(18-5-7-30(32,33)8-6-18)37-27(42)26-25(17-3-4-17)38-43-39-26/h9,11-12,16-18,23-24H,1-8,10,13-15H2,(H,36,41)(H,37,42)/t23-,24+,28?,29?/m1/s1. The highest BCUT2D eigenvalue weighted by Gasteiger charge is 2.69. The van der Waals surface area contributed by atoms with Gasteiger partial charge in [0.25, 0.3) is 5.91 Å². The van der Waals surface area contributed by atoms with Crippen molar-refractivity contribution in [3.05, 3.63) is 41.1 Å². The van der Waals surface area contributed by atoms with Crippen LogP contribution in [0.3, 0.4) is 0 Å². The molecule has 43 heavy (non-hydrogen) atoms. The lowest BCUT2D eigenvalue weighted by Crippen LogP contribution is -2.65. The predicted molar refractivity (Wildman–Crippen MR) is 145 cm³/mol. The lowest BCUT2D eigenvalue weighted by Gasteiger charge is -2.65. The number of imidazole rings is 1. The van der Waals surface area contributed by atoms with Crippen LogP contribution in [-0.4, -0.2) is 48.3 Å². The fourth-order valence-corrected chi connectivity index (χ4v) is 7.76. The Morgan fingerprint density at radius 3 is 2.37 bits per heavy atom. The molecule has 6 saturated carbocycles. The van der Waals surface area contributed by atoms with Gasteiger partial charge >= 0.3 is 0 Å². The van der Waals surface area contributed by atoms with Crippen molar-refractivity contribution in [2.45, 2.75) is 107 Å². The second-order valence-corrected chi connectivity index (χ2v) is 13.9. The quantitative estimate of drug-likeness (QED) is 0.332. The molecule has 2 atom stereocenters. The Labute approximate surface area is 245 Å². The summed E-state index contributed by atoms with van der Waals surface area (Å²) in [6.45, 7) is 0. The topological polar surface area (TPSA) is 127 Å². The summed E-state index contributed by atoms with van der Waals surface area (Å²) in [7, 11) is 0. The van der Waals surface area contributed by atoms with Crippen molar-refractivity contribution in [3.8, 4) is 0 Å². The number of rotatable bonds is 10. The molecule has 3 heterocycles. The Bertz CT molecular complexity index is 1570. The van der Waals surface area contributed by atoms with Gasteiger partial charge in [-0.2, -0.15) is 5.10 Å². The molecule has 6 aliphatic carbocycles. The number of alkyl halides is 3. The molecule has 13 heteroatoms. The fraction of sp³-hybridized carbons (Fsp3) is 0.667. The zero-order valence-electron chi connectivity index (χ0n) is 23.7. The normalized spacial score (nSPS) is 29.4. The van der Waals surface area contributed by atoms with Gasteiger partial charge in [-0.25, -0.2) is 27.3 Å². The van der Waals surface area contributed by atoms with Gasteiger partial charge in [-0.1, -0.05) is 5.16 Å². The van der Waals surface area contributed by atoms with Crippen LogP contribution in [0.15, 0.2) is 23.1 Å². The first kappa shape index (κ1) is 27.1. The van der Waals surface area contributed by atoms with Gasteiger partial charge < -0.3 is 10.6 Å². The van der Waals surface area contributed by atoms with Gasteiger partial charge in [0.2, 0.25) is 11.8 Å². The monoisotopic (exact) mass is 597 g/mol. The molecule has 0 aliphatic heterocycles. The van der Waals surface area contributed by atoms with Crippen LogP contribution in [0, 0.1) is 17.3 Å². The fourth-order valence-electron chi connectivity index (χ4n) is 7.76. The lowest BCUT2D eigenvalue weighted by atomic mass is 9.41. The van der Waals surface area contributed by atoms with Crippen LogP contribution < -0.4 is 10.6 Å². The molecule has 228 valence electrons. The second-order valence-electron chi connectivity index (χ2n) is 13.9. The maximum absolute atomic E-state index is 14.1. The molecule has 2 N–H and O–H groups in total. The highest BCUT2D eigenvalue weighted by molar-refractivity contribution is 5.93. The Balaban J connectivity index is 1.04. The largest absolute Gasteiger partial charge is 0.349 e. The van der Waals surface area contributed by atoms with E-state index in [4.69, 9.17) is 9.61 Å². The van der Waals surface area contributed by atoms with Crippen LogP contribution in [0.25, 0.3) is 5.65 Å². The van der Waals surface area contributed by atoms with E-state index in [0.717, 1.165) is 31.2 Å². The van der Waals surface area contributed by atoms with E-state index in [1.165, 1.54) is 0 Å². The van der Waals surface area contributed by atoms with Crippen molar-refractivity contribution in [1.29, 1.82) is 0 Å². The number of hydrogen-bond acceptors (Lipinski definition) is 7. The van der Waals surface area contributed by atoms with E-state index in [-0.39, 0.29) is 60.6 Å². The van der Waals surface area contributed by atoms with Crippen molar-refractivity contribution in [2.24, 2.45) is 17.3 Å². The number of fused-ring (bicyclic) bond motifs is 1. The Kier molecular flexibility index (Phi) is 5.98. The minimum atomic E-state index is -2.72. The number of nitrogens with zero attached hydrogens (tertiary/aromatic N) is 5. The average Bonchev–Trinajstić information content (AvgIpc) is 3.87. The predicted octanol–water partition coefficient (Wildman–Crippen LogP) is 5.14. The van der Waals surface area contributed by atoms with Gasteiger partial charge in [0.05, 0.1) is 30.2 Å². The second kappa shape index (κ2) is 9.49. The number of hydrogen-bond donors (Lipinski definition) is 2. The Hall–Kier alpha value is -3.51. The SMILES string of the molecule is O=C(CC12CC(F)(C1)C2)N[C@@H](c1cnn2cc([C@@H](NC(=O)c3nonc3C3CC3)C3CCC(F)(F)CC3)nc2c1)C1CC1. The molecule has 3 aromatic rings. The van der Waals surface area contributed by atoms with Crippen LogP contribution in [0.1, 0.15) is 122 Å². The van der Waals surface area contributed by atoms with E-state index in [2.05, 4.69) is 26.0 Å². The number of nitrogens with one attached hydrogen (secondary N) is 2. The first-order valence-corrected chi connectivity index (χ1v) is 15.4. The summed E-state index contributed by atoms with van der Waals surface area (Å²) in [5.41, 5.74) is 1.34. The van der Waals surface area contributed by atoms with E-state index < -0.39 is 23.5 Å². The average molecular weight is 598 g/mol. The Morgan fingerprint density at radius 1 is 0.977 bits per heavy atom. The summed E-state index contributed by atoms with van der Waals surface area (Å²) < 4.78 is 48.6.